The van der Waals surface area contributed by atoms with Crippen LogP contribution in [0.15, 0.2) is 42.6 Å². The van der Waals surface area contributed by atoms with Gasteiger partial charge in [0.2, 0.25) is 5.91 Å². The molecule has 5 rings (SSSR count). The average molecular weight is 590 g/mol. The van der Waals surface area contributed by atoms with Crippen molar-refractivity contribution in [2.45, 2.75) is 66.5 Å². The molecule has 3 aromatic rings. The summed E-state index contributed by atoms with van der Waals surface area (Å²) in [5, 5.41) is 4.03. The number of benzene rings is 2. The molecule has 0 spiro atoms. The molecule has 3 heterocycles. The maximum atomic E-state index is 13.3. The van der Waals surface area contributed by atoms with E-state index >= 15 is 0 Å². The number of nitrogens with one attached hydrogen (secondary N) is 1. The Kier molecular flexibility index (Phi) is 12.1. The fourth-order valence-electron chi connectivity index (χ4n) is 6.11. The first-order chi connectivity index (χ1) is 20.9. The Hall–Kier alpha value is -3.36. The lowest BCUT2D eigenvalue weighted by Gasteiger charge is -2.36. The van der Waals surface area contributed by atoms with Crippen molar-refractivity contribution in [2.24, 2.45) is 0 Å². The zero-order valence-electron chi connectivity index (χ0n) is 27.0. The molecule has 8 heteroatoms. The lowest BCUT2D eigenvalue weighted by atomic mass is 10.1. The van der Waals surface area contributed by atoms with Gasteiger partial charge >= 0.3 is 0 Å². The van der Waals surface area contributed by atoms with Crippen LogP contribution in [0.3, 0.4) is 0 Å². The van der Waals surface area contributed by atoms with Crippen LogP contribution >= 0.6 is 0 Å². The van der Waals surface area contributed by atoms with E-state index in [2.05, 4.69) is 51.7 Å². The predicted molar refractivity (Wildman–Crippen MR) is 175 cm³/mol. The molecule has 8 nitrogen and oxygen atoms in total. The fourth-order valence-corrected chi connectivity index (χ4v) is 6.11. The zero-order chi connectivity index (χ0) is 30.8. The summed E-state index contributed by atoms with van der Waals surface area (Å²) in [5.74, 6) is 0.999. The van der Waals surface area contributed by atoms with E-state index < -0.39 is 0 Å². The van der Waals surface area contributed by atoms with Crippen molar-refractivity contribution in [1.29, 1.82) is 0 Å². The van der Waals surface area contributed by atoms with E-state index in [1.54, 1.807) is 7.11 Å². The maximum absolute atomic E-state index is 13.3. The van der Waals surface area contributed by atoms with Crippen molar-refractivity contribution in [2.75, 3.05) is 59.5 Å². The Morgan fingerprint density at radius 3 is 2.28 bits per heavy atom. The smallest absolute Gasteiger partial charge is 0.253 e. The first kappa shape index (κ1) is 32.6. The van der Waals surface area contributed by atoms with Gasteiger partial charge in [-0.1, -0.05) is 44.2 Å². The highest BCUT2D eigenvalue weighted by atomic mass is 16.5. The Morgan fingerprint density at radius 1 is 0.860 bits per heavy atom. The number of methoxy groups -OCH3 is 1. The predicted octanol–water partition coefficient (Wildman–Crippen LogP) is 5.24. The van der Waals surface area contributed by atoms with Crippen molar-refractivity contribution < 1.29 is 14.3 Å². The monoisotopic (exact) mass is 589 g/mol. The van der Waals surface area contributed by atoms with Crippen LogP contribution in [0.4, 0.5) is 0 Å². The van der Waals surface area contributed by atoms with Crippen LogP contribution in [-0.4, -0.2) is 90.5 Å². The molecule has 2 fully saturated rings. The van der Waals surface area contributed by atoms with Crippen LogP contribution in [0.2, 0.25) is 0 Å². The Bertz CT molecular complexity index is 1350. The number of aromatic nitrogens is 1. The molecular weight excluding hydrogens is 538 g/mol. The Morgan fingerprint density at radius 2 is 1.58 bits per heavy atom. The minimum absolute atomic E-state index is 0.0737. The SMILES string of the molecule is CC.COc1cccc2c(C(=O)NCc3ccc(C)c(C)c3)cn(CCCN3CCN(CC(=O)N4CCCCC4)CC3)c12. The average Bonchev–Trinajstić information content (AvgIpc) is 3.42. The number of piperazine rings is 1. The van der Waals surface area contributed by atoms with Gasteiger partial charge < -0.3 is 24.4 Å². The molecule has 2 aliphatic rings. The number of carbonyl (C=O) groups excluding carboxylic acids is 2. The number of nitrogens with zero attached hydrogens (tertiary/aromatic N) is 4. The number of fused-ring (bicyclic) bond motifs is 1. The molecule has 0 saturated carbocycles. The van der Waals surface area contributed by atoms with Gasteiger partial charge in [0.05, 0.1) is 24.7 Å². The van der Waals surface area contributed by atoms with Crippen LogP contribution in [0.25, 0.3) is 10.9 Å². The van der Waals surface area contributed by atoms with Gasteiger partial charge in [-0.05, 0) is 68.8 Å². The first-order valence-electron chi connectivity index (χ1n) is 16.2. The summed E-state index contributed by atoms with van der Waals surface area (Å²) in [6, 6.07) is 12.2. The van der Waals surface area contributed by atoms with Crippen LogP contribution in [-0.2, 0) is 17.9 Å². The van der Waals surface area contributed by atoms with Gasteiger partial charge in [0.1, 0.15) is 5.75 Å². The van der Waals surface area contributed by atoms with Crippen molar-refractivity contribution in [3.63, 3.8) is 0 Å². The van der Waals surface area contributed by atoms with Gasteiger partial charge in [-0.3, -0.25) is 14.5 Å². The highest BCUT2D eigenvalue weighted by Crippen LogP contribution is 2.30. The van der Waals surface area contributed by atoms with Gasteiger partial charge in [-0.2, -0.15) is 0 Å². The second-order valence-corrected chi connectivity index (χ2v) is 11.6. The molecule has 0 atom stereocenters. The molecule has 234 valence electrons. The quantitative estimate of drug-likeness (QED) is 0.350. The summed E-state index contributed by atoms with van der Waals surface area (Å²) in [6.45, 7) is 16.7. The number of aryl methyl sites for hydroxylation is 3. The van der Waals surface area contributed by atoms with E-state index in [0.717, 1.165) is 93.8 Å². The first-order valence-corrected chi connectivity index (χ1v) is 16.2. The summed E-state index contributed by atoms with van der Waals surface area (Å²) in [6.07, 6.45) is 6.48. The van der Waals surface area contributed by atoms with Gasteiger partial charge in [0, 0.05) is 63.9 Å². The van der Waals surface area contributed by atoms with E-state index in [-0.39, 0.29) is 5.91 Å². The third-order valence-electron chi connectivity index (χ3n) is 8.76. The van der Waals surface area contributed by atoms with Crippen LogP contribution in [0.5, 0.6) is 5.75 Å². The topological polar surface area (TPSA) is 70.0 Å². The second kappa shape index (κ2) is 15.9. The molecule has 2 aliphatic heterocycles. The number of rotatable bonds is 10. The van der Waals surface area contributed by atoms with E-state index in [0.29, 0.717) is 24.6 Å². The largest absolute Gasteiger partial charge is 0.495 e. The van der Waals surface area contributed by atoms with Crippen molar-refractivity contribution in [1.82, 2.24) is 24.6 Å². The lowest BCUT2D eigenvalue weighted by Crippen LogP contribution is -2.50. The summed E-state index contributed by atoms with van der Waals surface area (Å²) in [4.78, 5) is 32.8. The van der Waals surface area contributed by atoms with Gasteiger partial charge in [0.15, 0.2) is 0 Å². The number of para-hydroxylation sites is 1. The maximum Gasteiger partial charge on any atom is 0.253 e. The zero-order valence-corrected chi connectivity index (χ0v) is 27.0. The number of ether oxygens (including phenoxy) is 1. The molecule has 2 amide bonds. The fraction of sp³-hybridized carbons (Fsp3) is 0.543. The normalized spacial score (nSPS) is 16.1. The molecule has 1 aromatic heterocycles. The molecule has 1 N–H and O–H groups in total. The number of hydrogen-bond acceptors (Lipinski definition) is 5. The molecule has 2 saturated heterocycles. The van der Waals surface area contributed by atoms with E-state index in [1.807, 2.05) is 43.1 Å². The van der Waals surface area contributed by atoms with Gasteiger partial charge in [-0.25, -0.2) is 0 Å². The second-order valence-electron chi connectivity index (χ2n) is 11.6. The number of amides is 2. The number of hydrogen-bond donors (Lipinski definition) is 1. The molecule has 43 heavy (non-hydrogen) atoms. The van der Waals surface area contributed by atoms with E-state index in [1.165, 1.54) is 17.5 Å². The highest BCUT2D eigenvalue weighted by Gasteiger charge is 2.23. The minimum Gasteiger partial charge on any atom is -0.495 e. The molecule has 0 radical (unpaired) electrons. The summed E-state index contributed by atoms with van der Waals surface area (Å²) in [5.41, 5.74) is 5.21. The minimum atomic E-state index is -0.0737. The number of likely N-dealkylation sites (tertiary alicyclic amines) is 1. The Balaban J connectivity index is 0.00000207. The van der Waals surface area contributed by atoms with Crippen LogP contribution < -0.4 is 10.1 Å². The van der Waals surface area contributed by atoms with Crippen LogP contribution in [0, 0.1) is 13.8 Å². The van der Waals surface area contributed by atoms with E-state index in [4.69, 9.17) is 4.74 Å². The number of piperidine rings is 1. The third-order valence-corrected chi connectivity index (χ3v) is 8.76. The van der Waals surface area contributed by atoms with Crippen molar-refractivity contribution in [3.8, 4) is 5.75 Å². The highest BCUT2D eigenvalue weighted by molar-refractivity contribution is 6.08. The number of carbonyl (C=O) groups is 2. The van der Waals surface area contributed by atoms with Crippen molar-refractivity contribution >= 4 is 22.7 Å². The van der Waals surface area contributed by atoms with Gasteiger partial charge in [0.25, 0.3) is 5.91 Å². The molecule has 0 unspecified atom stereocenters. The molecule has 2 aromatic carbocycles. The van der Waals surface area contributed by atoms with Crippen LogP contribution in [0.1, 0.15) is 66.6 Å². The molecular formula is C35H51N5O3. The standard InChI is InChI=1S/C33H45N5O3.C2H6/c1-25-11-12-27(21-26(25)2)22-34-33(40)29-23-38(32-28(29)9-7-10-30(32)41-3)16-8-13-35-17-19-36(20-18-35)24-31(39)37-14-5-4-6-15-37;1-2/h7,9-12,21,23H,4-6,8,13-20,22,24H2,1-3H3,(H,34,40);1-2H3. The van der Waals surface area contributed by atoms with Gasteiger partial charge in [-0.15, -0.1) is 0 Å². The summed E-state index contributed by atoms with van der Waals surface area (Å²) >= 11 is 0. The third kappa shape index (κ3) is 8.39. The Labute approximate surface area is 258 Å². The summed E-state index contributed by atoms with van der Waals surface area (Å²) < 4.78 is 7.87. The van der Waals surface area contributed by atoms with E-state index in [9.17, 15) is 9.59 Å². The molecule has 0 bridgehead atoms. The summed E-state index contributed by atoms with van der Waals surface area (Å²) in [7, 11) is 1.68. The van der Waals surface area contributed by atoms with Crippen molar-refractivity contribution in [3.05, 3.63) is 64.8 Å². The lowest BCUT2D eigenvalue weighted by molar-refractivity contribution is -0.133. The molecule has 0 aliphatic carbocycles.